The van der Waals surface area contributed by atoms with Crippen molar-refractivity contribution in [1.82, 2.24) is 5.32 Å². The Morgan fingerprint density at radius 2 is 2.36 bits per heavy atom. The summed E-state index contributed by atoms with van der Waals surface area (Å²) in [6.45, 7) is 1.28. The fraction of sp³-hybridized carbons (Fsp3) is 0.467. The van der Waals surface area contributed by atoms with Crippen LogP contribution in [0.3, 0.4) is 0 Å². The van der Waals surface area contributed by atoms with E-state index in [1.54, 1.807) is 12.1 Å². The molecule has 2 aliphatic heterocycles. The van der Waals surface area contributed by atoms with Crippen molar-refractivity contribution >= 4 is 40.9 Å². The van der Waals surface area contributed by atoms with Crippen LogP contribution in [0.4, 0.5) is 5.69 Å². The van der Waals surface area contributed by atoms with Gasteiger partial charge in [-0.2, -0.15) is 0 Å². The van der Waals surface area contributed by atoms with Crippen LogP contribution < -0.4 is 10.6 Å². The summed E-state index contributed by atoms with van der Waals surface area (Å²) in [5.74, 6) is -0.285. The smallest absolute Gasteiger partial charge is 0.238 e. The number of anilines is 1. The molecule has 0 unspecified atom stereocenters. The second kappa shape index (κ2) is 6.89. The lowest BCUT2D eigenvalue weighted by Crippen LogP contribution is -2.37. The predicted octanol–water partition coefficient (Wildman–Crippen LogP) is 2.44. The highest BCUT2D eigenvalue weighted by Gasteiger charge is 2.29. The Kier molecular flexibility index (Phi) is 4.90. The van der Waals surface area contributed by atoms with Crippen LogP contribution >= 0.6 is 23.4 Å². The summed E-state index contributed by atoms with van der Waals surface area (Å²) in [5, 5.41) is 5.81. The zero-order chi connectivity index (χ0) is 15.5. The van der Waals surface area contributed by atoms with E-state index < -0.39 is 5.25 Å². The third kappa shape index (κ3) is 3.74. The van der Waals surface area contributed by atoms with Gasteiger partial charge in [-0.1, -0.05) is 11.6 Å². The number of thioether (sulfide) groups is 1. The van der Waals surface area contributed by atoms with Crippen molar-refractivity contribution in [2.45, 2.75) is 35.5 Å². The van der Waals surface area contributed by atoms with Crippen LogP contribution in [-0.2, 0) is 14.3 Å². The summed E-state index contributed by atoms with van der Waals surface area (Å²) in [5.41, 5.74) is 0.707. The number of fused-ring (bicyclic) bond motifs is 1. The highest BCUT2D eigenvalue weighted by Crippen LogP contribution is 2.38. The van der Waals surface area contributed by atoms with Gasteiger partial charge in [0.05, 0.1) is 17.0 Å². The molecule has 3 rings (SSSR count). The van der Waals surface area contributed by atoms with Gasteiger partial charge in [-0.3, -0.25) is 9.59 Å². The first-order valence-corrected chi connectivity index (χ1v) is 8.53. The molecule has 7 heteroatoms. The van der Waals surface area contributed by atoms with Crippen molar-refractivity contribution in [2.24, 2.45) is 0 Å². The molecule has 0 bridgehead atoms. The van der Waals surface area contributed by atoms with Gasteiger partial charge in [-0.25, -0.2) is 0 Å². The van der Waals surface area contributed by atoms with Crippen molar-refractivity contribution in [3.05, 3.63) is 23.2 Å². The molecule has 118 valence electrons. The van der Waals surface area contributed by atoms with Gasteiger partial charge in [0.15, 0.2) is 0 Å². The Balaban J connectivity index is 1.55. The molecule has 2 amide bonds. The maximum Gasteiger partial charge on any atom is 0.238 e. The maximum absolute atomic E-state index is 12.1. The molecule has 2 atom stereocenters. The molecule has 0 radical (unpaired) electrons. The quantitative estimate of drug-likeness (QED) is 0.883. The van der Waals surface area contributed by atoms with E-state index in [9.17, 15) is 9.59 Å². The zero-order valence-electron chi connectivity index (χ0n) is 11.9. The van der Waals surface area contributed by atoms with Crippen molar-refractivity contribution < 1.29 is 14.3 Å². The third-order valence-electron chi connectivity index (χ3n) is 3.68. The number of rotatable bonds is 4. The topological polar surface area (TPSA) is 67.4 Å². The van der Waals surface area contributed by atoms with Crippen LogP contribution in [-0.4, -0.2) is 36.3 Å². The summed E-state index contributed by atoms with van der Waals surface area (Å²) >= 11 is 7.31. The van der Waals surface area contributed by atoms with Gasteiger partial charge in [-0.05, 0) is 31.0 Å². The molecular weight excluding hydrogens is 324 g/mol. The maximum atomic E-state index is 12.1. The fourth-order valence-electron chi connectivity index (χ4n) is 2.53. The number of ether oxygens (including phenoxy) is 1. The summed E-state index contributed by atoms with van der Waals surface area (Å²) in [4.78, 5) is 25.0. The van der Waals surface area contributed by atoms with Crippen molar-refractivity contribution in [1.29, 1.82) is 0 Å². The summed E-state index contributed by atoms with van der Waals surface area (Å²) in [6, 6.07) is 5.36. The number of amides is 2. The molecule has 0 aliphatic carbocycles. The number of hydrogen-bond donors (Lipinski definition) is 2. The van der Waals surface area contributed by atoms with Gasteiger partial charge >= 0.3 is 0 Å². The van der Waals surface area contributed by atoms with Gasteiger partial charge in [0.1, 0.15) is 0 Å². The van der Waals surface area contributed by atoms with E-state index in [0.29, 0.717) is 17.3 Å². The first kappa shape index (κ1) is 15.6. The Morgan fingerprint density at radius 1 is 1.50 bits per heavy atom. The van der Waals surface area contributed by atoms with E-state index in [-0.39, 0.29) is 24.3 Å². The molecule has 5 nitrogen and oxygen atoms in total. The zero-order valence-corrected chi connectivity index (χ0v) is 13.5. The van der Waals surface area contributed by atoms with Gasteiger partial charge in [0, 0.05) is 29.5 Å². The summed E-state index contributed by atoms with van der Waals surface area (Å²) in [7, 11) is 0. The second-order valence-electron chi connectivity index (χ2n) is 5.38. The highest BCUT2D eigenvalue weighted by atomic mass is 35.5. The molecule has 22 heavy (non-hydrogen) atoms. The summed E-state index contributed by atoms with van der Waals surface area (Å²) < 4.78 is 5.46. The minimum Gasteiger partial charge on any atom is -0.376 e. The Labute approximate surface area is 138 Å². The van der Waals surface area contributed by atoms with E-state index in [0.717, 1.165) is 24.3 Å². The van der Waals surface area contributed by atoms with Crippen LogP contribution in [0.15, 0.2) is 23.1 Å². The molecule has 1 aromatic rings. The molecule has 1 fully saturated rings. The van der Waals surface area contributed by atoms with E-state index in [1.807, 2.05) is 6.07 Å². The molecule has 0 saturated carbocycles. The molecule has 2 aliphatic rings. The second-order valence-corrected chi connectivity index (χ2v) is 7.06. The van der Waals surface area contributed by atoms with Crippen LogP contribution in [0.25, 0.3) is 0 Å². The standard InChI is InChI=1S/C15H17ClN2O3S/c16-9-3-4-12-11(6-9)18-15(20)13(22-12)7-14(19)17-8-10-2-1-5-21-10/h3-4,6,10,13H,1-2,5,7-8H2,(H,17,19)(H,18,20)/t10-,13-/m1/s1. The Morgan fingerprint density at radius 3 is 3.14 bits per heavy atom. The van der Waals surface area contributed by atoms with E-state index in [1.165, 1.54) is 11.8 Å². The Hall–Kier alpha value is -1.24. The minimum atomic E-state index is -0.418. The molecule has 0 aromatic heterocycles. The van der Waals surface area contributed by atoms with Gasteiger partial charge < -0.3 is 15.4 Å². The number of benzene rings is 1. The lowest BCUT2D eigenvalue weighted by Gasteiger charge is -2.24. The largest absolute Gasteiger partial charge is 0.376 e. The minimum absolute atomic E-state index is 0.111. The lowest BCUT2D eigenvalue weighted by atomic mass is 10.2. The van der Waals surface area contributed by atoms with Crippen molar-refractivity contribution in [3.8, 4) is 0 Å². The monoisotopic (exact) mass is 340 g/mol. The number of carbonyl (C=O) groups excluding carboxylic acids is 2. The number of carbonyl (C=O) groups is 2. The molecule has 1 saturated heterocycles. The molecular formula is C15H17ClN2O3S. The third-order valence-corrected chi connectivity index (χ3v) is 5.19. The van der Waals surface area contributed by atoms with Gasteiger partial charge in [0.25, 0.3) is 0 Å². The normalized spacial score (nSPS) is 23.8. The molecule has 1 aromatic carbocycles. The van der Waals surface area contributed by atoms with Gasteiger partial charge in [-0.15, -0.1) is 11.8 Å². The first-order valence-electron chi connectivity index (χ1n) is 7.27. The summed E-state index contributed by atoms with van der Waals surface area (Å²) in [6.07, 6.45) is 2.29. The highest BCUT2D eigenvalue weighted by molar-refractivity contribution is 8.01. The average molecular weight is 341 g/mol. The molecule has 0 spiro atoms. The first-order chi connectivity index (χ1) is 10.6. The van der Waals surface area contributed by atoms with Crippen molar-refractivity contribution in [3.63, 3.8) is 0 Å². The van der Waals surface area contributed by atoms with Crippen LogP contribution in [0.2, 0.25) is 5.02 Å². The van der Waals surface area contributed by atoms with Crippen LogP contribution in [0.1, 0.15) is 19.3 Å². The van der Waals surface area contributed by atoms with Crippen LogP contribution in [0.5, 0.6) is 0 Å². The van der Waals surface area contributed by atoms with Crippen molar-refractivity contribution in [2.75, 3.05) is 18.5 Å². The Bertz CT molecular complexity index is 590. The van der Waals surface area contributed by atoms with E-state index >= 15 is 0 Å². The lowest BCUT2D eigenvalue weighted by molar-refractivity contribution is -0.124. The van der Waals surface area contributed by atoms with E-state index in [4.69, 9.17) is 16.3 Å². The number of halogens is 1. The van der Waals surface area contributed by atoms with Gasteiger partial charge in [0.2, 0.25) is 11.8 Å². The van der Waals surface area contributed by atoms with E-state index in [2.05, 4.69) is 10.6 Å². The SMILES string of the molecule is O=C(C[C@H]1Sc2ccc(Cl)cc2NC1=O)NC[C@H]1CCCO1. The predicted molar refractivity (Wildman–Crippen MR) is 86.3 cm³/mol. The fourth-order valence-corrected chi connectivity index (χ4v) is 3.79. The van der Waals surface area contributed by atoms with Crippen LogP contribution in [0, 0.1) is 0 Å². The molecule has 2 heterocycles. The number of hydrogen-bond acceptors (Lipinski definition) is 4. The molecule has 2 N–H and O–H groups in total. The average Bonchev–Trinajstić information content (AvgIpc) is 2.99. The number of nitrogens with one attached hydrogen (secondary N) is 2.